The monoisotopic (exact) mass is 232 g/mol. The Balaban J connectivity index is 2.09. The largest absolute Gasteiger partial charge is 0.329 e. The minimum absolute atomic E-state index is 0.223. The van der Waals surface area contributed by atoms with Crippen molar-refractivity contribution < 1.29 is 0 Å². The molecule has 0 saturated heterocycles. The lowest BCUT2D eigenvalue weighted by molar-refractivity contribution is 0.537. The van der Waals surface area contributed by atoms with Crippen molar-refractivity contribution in [3.63, 3.8) is 0 Å². The van der Waals surface area contributed by atoms with Gasteiger partial charge in [-0.2, -0.15) is 0 Å². The standard InChI is InChI=1S/C15H24N2/c1-15(2,3)12-6-4-11(5-7-12)14(10-16)17-13-8-9-13/h4-7,13-14,17H,8-10,16H2,1-3H3. The van der Waals surface area contributed by atoms with Crippen LogP contribution in [0.4, 0.5) is 0 Å². The van der Waals surface area contributed by atoms with Gasteiger partial charge in [0.2, 0.25) is 0 Å². The average Bonchev–Trinajstić information content (AvgIpc) is 3.09. The highest BCUT2D eigenvalue weighted by Crippen LogP contribution is 2.26. The maximum absolute atomic E-state index is 5.84. The maximum atomic E-state index is 5.84. The topological polar surface area (TPSA) is 38.0 Å². The second-order valence-electron chi connectivity index (χ2n) is 6.10. The van der Waals surface area contributed by atoms with Gasteiger partial charge in [0, 0.05) is 18.6 Å². The molecule has 1 aliphatic carbocycles. The van der Waals surface area contributed by atoms with Crippen LogP contribution in [0.2, 0.25) is 0 Å². The highest BCUT2D eigenvalue weighted by molar-refractivity contribution is 5.29. The number of nitrogens with two attached hydrogens (primary N) is 1. The van der Waals surface area contributed by atoms with E-state index in [2.05, 4.69) is 50.4 Å². The van der Waals surface area contributed by atoms with Gasteiger partial charge in [0.25, 0.3) is 0 Å². The lowest BCUT2D eigenvalue weighted by atomic mass is 9.86. The van der Waals surface area contributed by atoms with Gasteiger partial charge in [0.1, 0.15) is 0 Å². The Bertz CT molecular complexity index is 358. The van der Waals surface area contributed by atoms with E-state index < -0.39 is 0 Å². The van der Waals surface area contributed by atoms with E-state index in [1.54, 1.807) is 0 Å². The van der Waals surface area contributed by atoms with Crippen LogP contribution in [-0.4, -0.2) is 12.6 Å². The summed E-state index contributed by atoms with van der Waals surface area (Å²) >= 11 is 0. The van der Waals surface area contributed by atoms with Gasteiger partial charge in [0.15, 0.2) is 0 Å². The molecule has 0 aliphatic heterocycles. The molecule has 1 aromatic rings. The molecule has 0 aromatic heterocycles. The summed E-state index contributed by atoms with van der Waals surface area (Å²) in [5.41, 5.74) is 8.76. The Hall–Kier alpha value is -0.860. The van der Waals surface area contributed by atoms with Gasteiger partial charge in [-0.05, 0) is 29.4 Å². The van der Waals surface area contributed by atoms with Gasteiger partial charge in [0.05, 0.1) is 0 Å². The predicted octanol–water partition coefficient (Wildman–Crippen LogP) is 2.74. The summed E-state index contributed by atoms with van der Waals surface area (Å²) in [5, 5.41) is 3.59. The molecular weight excluding hydrogens is 208 g/mol. The summed E-state index contributed by atoms with van der Waals surface area (Å²) in [4.78, 5) is 0. The van der Waals surface area contributed by atoms with Crippen molar-refractivity contribution in [3.05, 3.63) is 35.4 Å². The first-order chi connectivity index (χ1) is 8.00. The summed E-state index contributed by atoms with van der Waals surface area (Å²) < 4.78 is 0. The van der Waals surface area contributed by atoms with Crippen molar-refractivity contribution in [1.29, 1.82) is 0 Å². The molecule has 17 heavy (non-hydrogen) atoms. The molecular formula is C15H24N2. The van der Waals surface area contributed by atoms with Gasteiger partial charge in [-0.25, -0.2) is 0 Å². The fourth-order valence-corrected chi connectivity index (χ4v) is 2.05. The van der Waals surface area contributed by atoms with Gasteiger partial charge >= 0.3 is 0 Å². The first-order valence-corrected chi connectivity index (χ1v) is 6.57. The normalized spacial score (nSPS) is 18.1. The average molecular weight is 232 g/mol. The molecule has 1 unspecified atom stereocenters. The number of hydrogen-bond donors (Lipinski definition) is 2. The van der Waals surface area contributed by atoms with E-state index in [0.29, 0.717) is 18.6 Å². The van der Waals surface area contributed by atoms with E-state index in [4.69, 9.17) is 5.73 Å². The Morgan fingerprint density at radius 3 is 2.24 bits per heavy atom. The zero-order valence-electron chi connectivity index (χ0n) is 11.2. The van der Waals surface area contributed by atoms with E-state index in [0.717, 1.165) is 0 Å². The molecule has 2 nitrogen and oxygen atoms in total. The van der Waals surface area contributed by atoms with Crippen molar-refractivity contribution in [2.45, 2.75) is 51.1 Å². The van der Waals surface area contributed by atoms with E-state index in [-0.39, 0.29) is 5.41 Å². The predicted molar refractivity (Wildman–Crippen MR) is 73.1 cm³/mol. The Kier molecular flexibility index (Phi) is 3.55. The summed E-state index contributed by atoms with van der Waals surface area (Å²) in [5.74, 6) is 0. The zero-order valence-corrected chi connectivity index (χ0v) is 11.2. The molecule has 1 fully saturated rings. The van der Waals surface area contributed by atoms with Crippen molar-refractivity contribution in [1.82, 2.24) is 5.32 Å². The molecule has 0 radical (unpaired) electrons. The SMILES string of the molecule is CC(C)(C)c1ccc(C(CN)NC2CC2)cc1. The third-order valence-electron chi connectivity index (χ3n) is 3.43. The smallest absolute Gasteiger partial charge is 0.0446 e. The quantitative estimate of drug-likeness (QED) is 0.837. The highest BCUT2D eigenvalue weighted by Gasteiger charge is 2.24. The molecule has 3 N–H and O–H groups in total. The lowest BCUT2D eigenvalue weighted by Crippen LogP contribution is -2.29. The van der Waals surface area contributed by atoms with Crippen LogP contribution in [0.3, 0.4) is 0 Å². The number of nitrogens with one attached hydrogen (secondary N) is 1. The third-order valence-corrected chi connectivity index (χ3v) is 3.43. The molecule has 0 heterocycles. The van der Waals surface area contributed by atoms with Crippen molar-refractivity contribution in [2.75, 3.05) is 6.54 Å². The van der Waals surface area contributed by atoms with Gasteiger partial charge in [-0.3, -0.25) is 0 Å². The molecule has 2 rings (SSSR count). The van der Waals surface area contributed by atoms with E-state index in [1.165, 1.54) is 24.0 Å². The molecule has 1 aliphatic rings. The van der Waals surface area contributed by atoms with Crippen molar-refractivity contribution >= 4 is 0 Å². The first-order valence-electron chi connectivity index (χ1n) is 6.57. The lowest BCUT2D eigenvalue weighted by Gasteiger charge is -2.21. The van der Waals surface area contributed by atoms with E-state index >= 15 is 0 Å². The Morgan fingerprint density at radius 2 is 1.82 bits per heavy atom. The molecule has 94 valence electrons. The molecule has 0 bridgehead atoms. The van der Waals surface area contributed by atoms with Crippen LogP contribution in [0.1, 0.15) is 50.8 Å². The fraction of sp³-hybridized carbons (Fsp3) is 0.600. The van der Waals surface area contributed by atoms with Crippen LogP contribution >= 0.6 is 0 Å². The summed E-state index contributed by atoms with van der Waals surface area (Å²) in [6, 6.07) is 9.91. The third kappa shape index (κ3) is 3.30. The van der Waals surface area contributed by atoms with Gasteiger partial charge in [-0.1, -0.05) is 45.0 Å². The molecule has 0 spiro atoms. The van der Waals surface area contributed by atoms with Crippen LogP contribution in [-0.2, 0) is 5.41 Å². The molecule has 1 atom stereocenters. The minimum Gasteiger partial charge on any atom is -0.329 e. The van der Waals surface area contributed by atoms with E-state index in [9.17, 15) is 0 Å². The molecule has 1 aromatic carbocycles. The van der Waals surface area contributed by atoms with Crippen LogP contribution < -0.4 is 11.1 Å². The molecule has 0 amide bonds. The molecule has 1 saturated carbocycles. The van der Waals surface area contributed by atoms with Crippen LogP contribution in [0, 0.1) is 0 Å². The second-order valence-corrected chi connectivity index (χ2v) is 6.10. The van der Waals surface area contributed by atoms with Crippen molar-refractivity contribution in [3.8, 4) is 0 Å². The minimum atomic E-state index is 0.223. The Morgan fingerprint density at radius 1 is 1.24 bits per heavy atom. The van der Waals surface area contributed by atoms with Crippen LogP contribution in [0.25, 0.3) is 0 Å². The zero-order chi connectivity index (χ0) is 12.5. The van der Waals surface area contributed by atoms with E-state index in [1.807, 2.05) is 0 Å². The first kappa shape index (κ1) is 12.6. The second kappa shape index (κ2) is 4.79. The maximum Gasteiger partial charge on any atom is 0.0446 e. The Labute approximate surface area is 105 Å². The summed E-state index contributed by atoms with van der Waals surface area (Å²) in [6.45, 7) is 7.39. The number of rotatable bonds is 4. The fourth-order valence-electron chi connectivity index (χ4n) is 2.05. The van der Waals surface area contributed by atoms with Gasteiger partial charge in [-0.15, -0.1) is 0 Å². The van der Waals surface area contributed by atoms with Crippen LogP contribution in [0.15, 0.2) is 24.3 Å². The molecule has 2 heteroatoms. The van der Waals surface area contributed by atoms with Gasteiger partial charge < -0.3 is 11.1 Å². The number of benzene rings is 1. The van der Waals surface area contributed by atoms with Crippen molar-refractivity contribution in [2.24, 2.45) is 5.73 Å². The highest BCUT2D eigenvalue weighted by atomic mass is 15.0. The van der Waals surface area contributed by atoms with Crippen LogP contribution in [0.5, 0.6) is 0 Å². The summed E-state index contributed by atoms with van der Waals surface area (Å²) in [7, 11) is 0. The summed E-state index contributed by atoms with van der Waals surface area (Å²) in [6.07, 6.45) is 2.60. The number of hydrogen-bond acceptors (Lipinski definition) is 2.